The molecule has 4 rings (SSSR count). The first-order valence-electron chi connectivity index (χ1n) is 10.6. The monoisotopic (exact) mass is 455 g/mol. The smallest absolute Gasteiger partial charge is 0.252 e. The van der Waals surface area contributed by atoms with Gasteiger partial charge in [-0.05, 0) is 46.2 Å². The zero-order chi connectivity index (χ0) is 22.2. The minimum Gasteiger partial charge on any atom is -0.379 e. The van der Waals surface area contributed by atoms with Crippen molar-refractivity contribution in [3.8, 4) is 0 Å². The van der Waals surface area contributed by atoms with Gasteiger partial charge in [-0.25, -0.2) is 0 Å². The number of amides is 1. The summed E-state index contributed by atoms with van der Waals surface area (Å²) >= 11 is 6.05. The SMILES string of the molecule is CC1(C)O[C@H]2[C@@H](O1)[C@@H](COCCCNC(=O)c1ccccc1Cl)O[C@@H]1OC(C)(C)O[C@@H]12. The Morgan fingerprint density at radius 2 is 1.71 bits per heavy atom. The van der Waals surface area contributed by atoms with Gasteiger partial charge >= 0.3 is 0 Å². The van der Waals surface area contributed by atoms with Gasteiger partial charge in [-0.15, -0.1) is 0 Å². The highest BCUT2D eigenvalue weighted by Gasteiger charge is 2.60. The number of hydrogen-bond acceptors (Lipinski definition) is 7. The maximum Gasteiger partial charge on any atom is 0.252 e. The maximum atomic E-state index is 12.2. The van der Waals surface area contributed by atoms with Crippen molar-refractivity contribution in [3.63, 3.8) is 0 Å². The molecule has 1 aromatic rings. The summed E-state index contributed by atoms with van der Waals surface area (Å²) in [4.78, 5) is 12.2. The molecule has 8 nitrogen and oxygen atoms in total. The van der Waals surface area contributed by atoms with Gasteiger partial charge in [-0.3, -0.25) is 4.79 Å². The Morgan fingerprint density at radius 3 is 2.48 bits per heavy atom. The molecule has 1 aromatic carbocycles. The van der Waals surface area contributed by atoms with Gasteiger partial charge in [0.2, 0.25) is 0 Å². The first-order chi connectivity index (χ1) is 14.7. The summed E-state index contributed by atoms with van der Waals surface area (Å²) in [6, 6.07) is 6.95. The number of fused-ring (bicyclic) bond motifs is 3. The number of carbonyl (C=O) groups is 1. The van der Waals surface area contributed by atoms with E-state index in [1.165, 1.54) is 0 Å². The Balaban J connectivity index is 1.24. The number of nitrogens with one attached hydrogen (secondary N) is 1. The summed E-state index contributed by atoms with van der Waals surface area (Å²) in [5.74, 6) is -1.67. The molecule has 31 heavy (non-hydrogen) atoms. The van der Waals surface area contributed by atoms with E-state index in [4.69, 9.17) is 40.0 Å². The molecule has 3 fully saturated rings. The number of hydrogen-bond donors (Lipinski definition) is 1. The molecule has 9 heteroatoms. The van der Waals surface area contributed by atoms with Crippen LogP contribution < -0.4 is 5.32 Å². The predicted octanol–water partition coefficient (Wildman–Crippen LogP) is 2.87. The van der Waals surface area contributed by atoms with E-state index in [1.54, 1.807) is 24.3 Å². The van der Waals surface area contributed by atoms with Crippen LogP contribution in [0.5, 0.6) is 0 Å². The molecule has 3 saturated heterocycles. The highest BCUT2D eigenvalue weighted by molar-refractivity contribution is 6.33. The highest BCUT2D eigenvalue weighted by Crippen LogP contribution is 2.44. The fourth-order valence-electron chi connectivity index (χ4n) is 4.14. The van der Waals surface area contributed by atoms with Gasteiger partial charge in [-0.1, -0.05) is 23.7 Å². The van der Waals surface area contributed by atoms with Crippen molar-refractivity contribution in [2.24, 2.45) is 0 Å². The van der Waals surface area contributed by atoms with Crippen LogP contribution in [0.1, 0.15) is 44.5 Å². The molecule has 3 heterocycles. The van der Waals surface area contributed by atoms with Crippen LogP contribution in [0.4, 0.5) is 0 Å². The second-order valence-electron chi connectivity index (χ2n) is 8.87. The van der Waals surface area contributed by atoms with Gasteiger partial charge in [-0.2, -0.15) is 0 Å². The lowest BCUT2D eigenvalue weighted by Crippen LogP contribution is -2.56. The molecule has 0 radical (unpaired) electrons. The zero-order valence-electron chi connectivity index (χ0n) is 18.3. The molecule has 0 unspecified atom stereocenters. The second kappa shape index (κ2) is 8.94. The van der Waals surface area contributed by atoms with Gasteiger partial charge in [0.15, 0.2) is 17.9 Å². The third-order valence-electron chi connectivity index (χ3n) is 5.40. The minimum absolute atomic E-state index is 0.199. The highest BCUT2D eigenvalue weighted by atomic mass is 35.5. The third-order valence-corrected chi connectivity index (χ3v) is 5.73. The molecule has 1 amide bonds. The van der Waals surface area contributed by atoms with Crippen LogP contribution in [0.3, 0.4) is 0 Å². The van der Waals surface area contributed by atoms with Crippen LogP contribution in [-0.4, -0.2) is 67.9 Å². The Morgan fingerprint density at radius 1 is 1.03 bits per heavy atom. The van der Waals surface area contributed by atoms with E-state index in [9.17, 15) is 4.79 Å². The fourth-order valence-corrected chi connectivity index (χ4v) is 4.37. The summed E-state index contributed by atoms with van der Waals surface area (Å²) < 4.78 is 36.0. The van der Waals surface area contributed by atoms with Crippen molar-refractivity contribution < 1.29 is 33.2 Å². The summed E-state index contributed by atoms with van der Waals surface area (Å²) in [7, 11) is 0. The Labute approximate surface area is 187 Å². The van der Waals surface area contributed by atoms with Crippen molar-refractivity contribution >= 4 is 17.5 Å². The quantitative estimate of drug-likeness (QED) is 0.633. The molecular formula is C22H30ClNO7. The predicted molar refractivity (Wildman–Crippen MR) is 112 cm³/mol. The molecule has 0 aliphatic carbocycles. The fraction of sp³-hybridized carbons (Fsp3) is 0.682. The van der Waals surface area contributed by atoms with Crippen LogP contribution in [-0.2, 0) is 28.4 Å². The van der Waals surface area contributed by atoms with Crippen LogP contribution in [0.15, 0.2) is 24.3 Å². The average Bonchev–Trinajstić information content (AvgIpc) is 3.18. The van der Waals surface area contributed by atoms with Gasteiger partial charge in [0.25, 0.3) is 5.91 Å². The standard InChI is InChI=1S/C22H30ClNO7/c1-21(2)28-16-15(27-20-18(17(16)29-21)30-22(3,4)31-20)12-26-11-7-10-24-19(25)13-8-5-6-9-14(13)23/h5-6,8-9,15-18,20H,7,10-12H2,1-4H3,(H,24,25)/t15-,16+,17+,18-,20-/m1/s1. The molecule has 1 N–H and O–H groups in total. The first kappa shape index (κ1) is 22.9. The molecule has 5 atom stereocenters. The van der Waals surface area contributed by atoms with Crippen LogP contribution in [0.2, 0.25) is 5.02 Å². The van der Waals surface area contributed by atoms with Gasteiger partial charge in [0.05, 0.1) is 17.2 Å². The Bertz CT molecular complexity index is 802. The van der Waals surface area contributed by atoms with Gasteiger partial charge < -0.3 is 33.7 Å². The molecule has 3 aliphatic rings. The third kappa shape index (κ3) is 5.22. The van der Waals surface area contributed by atoms with E-state index >= 15 is 0 Å². The largest absolute Gasteiger partial charge is 0.379 e. The summed E-state index contributed by atoms with van der Waals surface area (Å²) in [5.41, 5.74) is 0.462. The minimum atomic E-state index is -0.744. The molecule has 0 saturated carbocycles. The summed E-state index contributed by atoms with van der Waals surface area (Å²) in [5, 5.41) is 3.28. The molecule has 172 valence electrons. The molecule has 3 aliphatic heterocycles. The molecule has 0 aromatic heterocycles. The number of halogens is 1. The van der Waals surface area contributed by atoms with E-state index in [-0.39, 0.29) is 30.3 Å². The lowest BCUT2D eigenvalue weighted by Gasteiger charge is -2.37. The van der Waals surface area contributed by atoms with E-state index < -0.39 is 17.9 Å². The molecule has 0 bridgehead atoms. The van der Waals surface area contributed by atoms with Gasteiger partial charge in [0.1, 0.15) is 24.4 Å². The Hall–Kier alpha value is -1.26. The number of ether oxygens (including phenoxy) is 6. The lowest BCUT2D eigenvalue weighted by molar-refractivity contribution is -0.243. The van der Waals surface area contributed by atoms with E-state index in [0.29, 0.717) is 36.8 Å². The van der Waals surface area contributed by atoms with Gasteiger partial charge in [0, 0.05) is 13.2 Å². The second-order valence-corrected chi connectivity index (χ2v) is 9.28. The van der Waals surface area contributed by atoms with Crippen LogP contribution >= 0.6 is 11.6 Å². The van der Waals surface area contributed by atoms with Crippen molar-refractivity contribution in [1.82, 2.24) is 5.32 Å². The van der Waals surface area contributed by atoms with Crippen molar-refractivity contribution in [3.05, 3.63) is 34.9 Å². The number of rotatable bonds is 7. The number of benzene rings is 1. The number of carbonyl (C=O) groups excluding carboxylic acids is 1. The first-order valence-corrected chi connectivity index (χ1v) is 11.0. The Kier molecular flexibility index (Phi) is 6.61. The normalized spacial score (nSPS) is 33.0. The van der Waals surface area contributed by atoms with Crippen molar-refractivity contribution in [1.29, 1.82) is 0 Å². The maximum absolute atomic E-state index is 12.2. The lowest BCUT2D eigenvalue weighted by atomic mass is 9.99. The zero-order valence-corrected chi connectivity index (χ0v) is 19.0. The van der Waals surface area contributed by atoms with Crippen molar-refractivity contribution in [2.75, 3.05) is 19.8 Å². The summed E-state index contributed by atoms with van der Waals surface area (Å²) in [6.45, 7) is 8.72. The van der Waals surface area contributed by atoms with Crippen LogP contribution in [0.25, 0.3) is 0 Å². The van der Waals surface area contributed by atoms with E-state index in [0.717, 1.165) is 0 Å². The summed E-state index contributed by atoms with van der Waals surface area (Å²) in [6.07, 6.45) is -1.18. The molecule has 0 spiro atoms. The van der Waals surface area contributed by atoms with Crippen molar-refractivity contribution in [2.45, 2.75) is 76.4 Å². The van der Waals surface area contributed by atoms with Crippen LogP contribution in [0, 0.1) is 0 Å². The van der Waals surface area contributed by atoms with E-state index in [2.05, 4.69) is 5.32 Å². The topological polar surface area (TPSA) is 84.5 Å². The average molecular weight is 456 g/mol. The molecular weight excluding hydrogens is 426 g/mol. The van der Waals surface area contributed by atoms with E-state index in [1.807, 2.05) is 27.7 Å².